The molecule has 0 amide bonds. The molecule has 0 spiro atoms. The van der Waals surface area contributed by atoms with E-state index in [-0.39, 0.29) is 6.04 Å². The highest BCUT2D eigenvalue weighted by atomic mass is 14.7. The van der Waals surface area contributed by atoms with Crippen molar-refractivity contribution in [1.82, 2.24) is 4.98 Å². The molecule has 0 fully saturated rings. The molecule has 0 aliphatic rings. The first-order valence-electron chi connectivity index (χ1n) is 6.85. The van der Waals surface area contributed by atoms with Gasteiger partial charge in [0.2, 0.25) is 0 Å². The molecular formula is C18H15N3. The Morgan fingerprint density at radius 1 is 1.05 bits per heavy atom. The van der Waals surface area contributed by atoms with Crippen molar-refractivity contribution in [1.29, 1.82) is 5.26 Å². The maximum Gasteiger partial charge on any atom is 0.149 e. The minimum absolute atomic E-state index is 0.0980. The minimum Gasteiger partial charge on any atom is -0.324 e. The van der Waals surface area contributed by atoms with Crippen molar-refractivity contribution in [3.05, 3.63) is 65.9 Å². The van der Waals surface area contributed by atoms with E-state index in [4.69, 9.17) is 5.73 Å². The summed E-state index contributed by atoms with van der Waals surface area (Å²) in [6.07, 6.45) is 0. The normalized spacial score (nSPS) is 12.0. The van der Waals surface area contributed by atoms with Gasteiger partial charge in [0.15, 0.2) is 0 Å². The Morgan fingerprint density at radius 2 is 1.76 bits per heavy atom. The van der Waals surface area contributed by atoms with Crippen LogP contribution in [-0.4, -0.2) is 4.98 Å². The Morgan fingerprint density at radius 3 is 2.52 bits per heavy atom. The highest BCUT2D eigenvalue weighted by molar-refractivity contribution is 5.86. The molecule has 1 unspecified atom stereocenters. The topological polar surface area (TPSA) is 62.7 Å². The van der Waals surface area contributed by atoms with Gasteiger partial charge in [-0.15, -0.1) is 0 Å². The van der Waals surface area contributed by atoms with E-state index in [1.54, 1.807) is 0 Å². The van der Waals surface area contributed by atoms with Gasteiger partial charge in [0.1, 0.15) is 11.8 Å². The van der Waals surface area contributed by atoms with Crippen molar-refractivity contribution in [2.24, 2.45) is 5.73 Å². The molecule has 0 aliphatic carbocycles. The number of rotatable bonds is 2. The molecule has 3 rings (SSSR count). The van der Waals surface area contributed by atoms with Crippen LogP contribution in [0.3, 0.4) is 0 Å². The Kier molecular flexibility index (Phi) is 3.39. The molecule has 0 saturated heterocycles. The molecule has 3 nitrogen and oxygen atoms in total. The van der Waals surface area contributed by atoms with E-state index < -0.39 is 0 Å². The zero-order valence-electron chi connectivity index (χ0n) is 11.7. The maximum absolute atomic E-state index is 9.42. The molecule has 1 aromatic heterocycles. The summed E-state index contributed by atoms with van der Waals surface area (Å²) in [6, 6.07) is 19.8. The Bertz CT molecular complexity index is 844. The van der Waals surface area contributed by atoms with Crippen LogP contribution >= 0.6 is 0 Å². The van der Waals surface area contributed by atoms with Crippen LogP contribution in [0, 0.1) is 11.3 Å². The minimum atomic E-state index is -0.0980. The first-order chi connectivity index (χ1) is 10.2. The van der Waals surface area contributed by atoms with Gasteiger partial charge in [-0.3, -0.25) is 0 Å². The number of benzene rings is 2. The Balaban J connectivity index is 2.32. The summed E-state index contributed by atoms with van der Waals surface area (Å²) >= 11 is 0. The van der Waals surface area contributed by atoms with Crippen LogP contribution < -0.4 is 5.73 Å². The Labute approximate surface area is 123 Å². The standard InChI is InChI=1S/C18H15N3/c1-12(20)14-7-3-4-8-15(14)16-10-13-6-2-5-9-17(13)21-18(16)11-19/h2-10,12H,20H2,1H3. The van der Waals surface area contributed by atoms with Gasteiger partial charge < -0.3 is 5.73 Å². The highest BCUT2D eigenvalue weighted by Crippen LogP contribution is 2.31. The molecule has 21 heavy (non-hydrogen) atoms. The van der Waals surface area contributed by atoms with Crippen molar-refractivity contribution in [2.75, 3.05) is 0 Å². The summed E-state index contributed by atoms with van der Waals surface area (Å²) in [5, 5.41) is 10.4. The van der Waals surface area contributed by atoms with Crippen LogP contribution in [0.25, 0.3) is 22.0 Å². The van der Waals surface area contributed by atoms with Gasteiger partial charge in [0.25, 0.3) is 0 Å². The second kappa shape index (κ2) is 5.35. The van der Waals surface area contributed by atoms with Gasteiger partial charge in [-0.05, 0) is 30.2 Å². The third kappa shape index (κ3) is 2.37. The van der Waals surface area contributed by atoms with E-state index >= 15 is 0 Å². The molecule has 0 radical (unpaired) electrons. The quantitative estimate of drug-likeness (QED) is 0.772. The van der Waals surface area contributed by atoms with Crippen LogP contribution in [0.2, 0.25) is 0 Å². The van der Waals surface area contributed by atoms with Crippen molar-refractivity contribution in [3.8, 4) is 17.2 Å². The molecule has 3 aromatic rings. The zero-order valence-corrected chi connectivity index (χ0v) is 11.7. The lowest BCUT2D eigenvalue weighted by Gasteiger charge is -2.14. The predicted molar refractivity (Wildman–Crippen MR) is 84.5 cm³/mol. The summed E-state index contributed by atoms with van der Waals surface area (Å²) in [4.78, 5) is 4.47. The fraction of sp³-hybridized carbons (Fsp3) is 0.111. The number of fused-ring (bicyclic) bond motifs is 1. The number of hydrogen-bond donors (Lipinski definition) is 1. The molecule has 3 heteroatoms. The van der Waals surface area contributed by atoms with Crippen molar-refractivity contribution < 1.29 is 0 Å². The highest BCUT2D eigenvalue weighted by Gasteiger charge is 2.13. The number of hydrogen-bond acceptors (Lipinski definition) is 3. The molecule has 0 bridgehead atoms. The molecule has 1 atom stereocenters. The smallest absolute Gasteiger partial charge is 0.149 e. The Hall–Kier alpha value is -2.70. The summed E-state index contributed by atoms with van der Waals surface area (Å²) < 4.78 is 0. The summed E-state index contributed by atoms with van der Waals surface area (Å²) in [5.41, 5.74) is 10.1. The van der Waals surface area contributed by atoms with Crippen molar-refractivity contribution >= 4 is 10.9 Å². The number of nitriles is 1. The molecule has 102 valence electrons. The second-order valence-corrected chi connectivity index (χ2v) is 5.06. The lowest BCUT2D eigenvalue weighted by atomic mass is 9.94. The van der Waals surface area contributed by atoms with Crippen LogP contribution in [0.15, 0.2) is 54.6 Å². The van der Waals surface area contributed by atoms with Crippen LogP contribution in [0.5, 0.6) is 0 Å². The lowest BCUT2D eigenvalue weighted by molar-refractivity contribution is 0.820. The average Bonchev–Trinajstić information content (AvgIpc) is 2.53. The second-order valence-electron chi connectivity index (χ2n) is 5.06. The number of para-hydroxylation sites is 1. The monoisotopic (exact) mass is 273 g/mol. The fourth-order valence-corrected chi connectivity index (χ4v) is 2.55. The number of nitrogens with two attached hydrogens (primary N) is 1. The van der Waals surface area contributed by atoms with Crippen LogP contribution in [-0.2, 0) is 0 Å². The van der Waals surface area contributed by atoms with Gasteiger partial charge >= 0.3 is 0 Å². The maximum atomic E-state index is 9.42. The predicted octanol–water partition coefficient (Wildman–Crippen LogP) is 3.79. The van der Waals surface area contributed by atoms with Gasteiger partial charge in [0.05, 0.1) is 5.52 Å². The summed E-state index contributed by atoms with van der Waals surface area (Å²) in [7, 11) is 0. The molecule has 2 aromatic carbocycles. The van der Waals surface area contributed by atoms with E-state index in [1.807, 2.05) is 61.5 Å². The van der Waals surface area contributed by atoms with E-state index in [0.717, 1.165) is 27.6 Å². The van der Waals surface area contributed by atoms with Crippen molar-refractivity contribution in [3.63, 3.8) is 0 Å². The molecule has 0 aliphatic heterocycles. The molecule has 2 N–H and O–H groups in total. The van der Waals surface area contributed by atoms with Gasteiger partial charge in [-0.25, -0.2) is 4.98 Å². The average molecular weight is 273 g/mol. The van der Waals surface area contributed by atoms with Crippen LogP contribution in [0.1, 0.15) is 24.2 Å². The first kappa shape index (κ1) is 13.3. The van der Waals surface area contributed by atoms with E-state index in [2.05, 4.69) is 11.1 Å². The third-order valence-corrected chi connectivity index (χ3v) is 3.57. The largest absolute Gasteiger partial charge is 0.324 e. The SMILES string of the molecule is CC(N)c1ccccc1-c1cc2ccccc2nc1C#N. The lowest BCUT2D eigenvalue weighted by Crippen LogP contribution is -2.07. The molecule has 1 heterocycles. The third-order valence-electron chi connectivity index (χ3n) is 3.57. The fourth-order valence-electron chi connectivity index (χ4n) is 2.55. The van der Waals surface area contributed by atoms with Gasteiger partial charge in [0, 0.05) is 17.0 Å². The number of nitrogens with zero attached hydrogens (tertiary/aromatic N) is 2. The first-order valence-corrected chi connectivity index (χ1v) is 6.85. The molecule has 0 saturated carbocycles. The zero-order chi connectivity index (χ0) is 14.8. The van der Waals surface area contributed by atoms with Crippen LogP contribution in [0.4, 0.5) is 0 Å². The number of pyridine rings is 1. The summed E-state index contributed by atoms with van der Waals surface area (Å²) in [5.74, 6) is 0. The van der Waals surface area contributed by atoms with Crippen molar-refractivity contribution in [2.45, 2.75) is 13.0 Å². The van der Waals surface area contributed by atoms with Gasteiger partial charge in [-0.2, -0.15) is 5.26 Å². The van der Waals surface area contributed by atoms with E-state index in [1.165, 1.54) is 0 Å². The summed E-state index contributed by atoms with van der Waals surface area (Å²) in [6.45, 7) is 1.94. The number of aromatic nitrogens is 1. The van der Waals surface area contributed by atoms with Gasteiger partial charge in [-0.1, -0.05) is 42.5 Å². The van der Waals surface area contributed by atoms with E-state index in [9.17, 15) is 5.26 Å². The molecular weight excluding hydrogens is 258 g/mol. The van der Waals surface area contributed by atoms with E-state index in [0.29, 0.717) is 5.69 Å².